The van der Waals surface area contributed by atoms with E-state index in [2.05, 4.69) is 4.98 Å². The van der Waals surface area contributed by atoms with Crippen LogP contribution in [0.1, 0.15) is 21.5 Å². The number of fused-ring (bicyclic) bond motifs is 2. The third kappa shape index (κ3) is 3.79. The van der Waals surface area contributed by atoms with Crippen molar-refractivity contribution < 1.29 is 23.9 Å². The molecule has 0 amide bonds. The summed E-state index contributed by atoms with van der Waals surface area (Å²) in [4.78, 5) is 29.5. The highest BCUT2D eigenvalue weighted by Gasteiger charge is 2.23. The van der Waals surface area contributed by atoms with Crippen LogP contribution in [0.25, 0.3) is 21.5 Å². The summed E-state index contributed by atoms with van der Waals surface area (Å²) in [5.74, 6) is -0.0952. The number of aromatic nitrogens is 1. The Labute approximate surface area is 186 Å². The van der Waals surface area contributed by atoms with Gasteiger partial charge in [-0.25, -0.2) is 9.78 Å². The van der Waals surface area contributed by atoms with Crippen LogP contribution in [0.2, 0.25) is 0 Å². The van der Waals surface area contributed by atoms with Crippen molar-refractivity contribution in [1.29, 1.82) is 0 Å². The Bertz CT molecular complexity index is 1340. The summed E-state index contributed by atoms with van der Waals surface area (Å²) in [6.07, 6.45) is 0. The lowest BCUT2D eigenvalue weighted by Crippen LogP contribution is -2.15. The maximum absolute atomic E-state index is 13.1. The predicted molar refractivity (Wildman–Crippen MR) is 118 cm³/mol. The topological polar surface area (TPSA) is 101 Å². The fourth-order valence-corrected chi connectivity index (χ4v) is 4.30. The molecule has 0 bridgehead atoms. The molecule has 9 heteroatoms. The van der Waals surface area contributed by atoms with Gasteiger partial charge >= 0.3 is 5.97 Å². The number of hydrogen-bond acceptors (Lipinski definition) is 8. The molecule has 0 radical (unpaired) electrons. The van der Waals surface area contributed by atoms with Crippen LogP contribution in [-0.2, 0) is 22.7 Å². The number of esters is 1. The maximum atomic E-state index is 13.1. The van der Waals surface area contributed by atoms with Crippen LogP contribution in [0.3, 0.4) is 0 Å². The molecule has 8 nitrogen and oxygen atoms in total. The Balaban J connectivity index is 1.49. The molecule has 0 aliphatic carbocycles. The summed E-state index contributed by atoms with van der Waals surface area (Å²) in [5.41, 5.74) is 2.59. The van der Waals surface area contributed by atoms with Gasteiger partial charge in [0.1, 0.15) is 12.4 Å². The van der Waals surface area contributed by atoms with Crippen molar-refractivity contribution in [3.05, 3.63) is 86.8 Å². The first-order chi connectivity index (χ1) is 15.6. The number of para-hydroxylation sites is 1. The van der Waals surface area contributed by atoms with Crippen LogP contribution >= 0.6 is 11.3 Å². The normalized spacial score (nSPS) is 12.8. The number of non-ortho nitro benzene ring substituents is 1. The van der Waals surface area contributed by atoms with E-state index < -0.39 is 10.9 Å². The second-order valence-corrected chi connectivity index (χ2v) is 8.03. The zero-order valence-electron chi connectivity index (χ0n) is 16.6. The number of pyridine rings is 1. The number of benzene rings is 2. The molecule has 1 aliphatic rings. The molecule has 32 heavy (non-hydrogen) atoms. The Hall–Kier alpha value is -3.82. The number of rotatable bonds is 5. The van der Waals surface area contributed by atoms with Gasteiger partial charge in [-0.2, -0.15) is 0 Å². The molecule has 0 N–H and O–H groups in total. The molecule has 3 heterocycles. The second kappa shape index (κ2) is 8.37. The molecule has 160 valence electrons. The smallest absolute Gasteiger partial charge is 0.339 e. The SMILES string of the molecule is O=C(OCc1cc([N+](=O)[O-])cc2c1OCOC2)c1cc(-c2cccs2)nc2ccccc12. The van der Waals surface area contributed by atoms with Crippen molar-refractivity contribution in [2.45, 2.75) is 13.2 Å². The van der Waals surface area contributed by atoms with Gasteiger partial charge in [0.15, 0.2) is 6.79 Å². The zero-order chi connectivity index (χ0) is 22.1. The summed E-state index contributed by atoms with van der Waals surface area (Å²) >= 11 is 1.53. The van der Waals surface area contributed by atoms with Crippen molar-refractivity contribution in [2.24, 2.45) is 0 Å². The Kier molecular flexibility index (Phi) is 5.26. The van der Waals surface area contributed by atoms with E-state index in [9.17, 15) is 14.9 Å². The minimum absolute atomic E-state index is 0.0327. The molecule has 2 aromatic carbocycles. The number of carbonyl (C=O) groups excluding carboxylic acids is 1. The first kappa shape index (κ1) is 20.1. The van der Waals surface area contributed by atoms with Crippen LogP contribution in [0.15, 0.2) is 60.0 Å². The highest BCUT2D eigenvalue weighted by Crippen LogP contribution is 2.34. The standard InChI is InChI=1S/C23H16N2O6S/c26-23(30-12-15-9-16(25(27)28)8-14-11-29-13-31-22(14)15)18-10-20(21-6-3-7-32-21)24-19-5-2-1-4-17(18)19/h1-10H,11-13H2. The van der Waals surface area contributed by atoms with Gasteiger partial charge in [0, 0.05) is 28.6 Å². The predicted octanol–water partition coefficient (Wildman–Crippen LogP) is 5.10. The van der Waals surface area contributed by atoms with Crippen molar-refractivity contribution in [1.82, 2.24) is 4.98 Å². The Morgan fingerprint density at radius 1 is 1.19 bits per heavy atom. The zero-order valence-corrected chi connectivity index (χ0v) is 17.5. The largest absolute Gasteiger partial charge is 0.467 e. The van der Waals surface area contributed by atoms with E-state index in [-0.39, 0.29) is 25.7 Å². The second-order valence-electron chi connectivity index (χ2n) is 7.09. The van der Waals surface area contributed by atoms with E-state index in [0.29, 0.717) is 39.0 Å². The van der Waals surface area contributed by atoms with E-state index in [1.165, 1.54) is 23.5 Å². The van der Waals surface area contributed by atoms with Gasteiger partial charge in [0.2, 0.25) is 0 Å². The number of nitrogens with zero attached hydrogens (tertiary/aromatic N) is 2. The molecule has 0 saturated carbocycles. The summed E-state index contributed by atoms with van der Waals surface area (Å²) in [6, 6.07) is 15.7. The molecule has 0 fully saturated rings. The summed E-state index contributed by atoms with van der Waals surface area (Å²) < 4.78 is 16.3. The van der Waals surface area contributed by atoms with Gasteiger partial charge in [0.25, 0.3) is 5.69 Å². The van der Waals surface area contributed by atoms with Crippen molar-refractivity contribution in [2.75, 3.05) is 6.79 Å². The third-order valence-corrected chi connectivity index (χ3v) is 5.94. The molecular formula is C23H16N2O6S. The summed E-state index contributed by atoms with van der Waals surface area (Å²) in [5, 5.41) is 13.9. The van der Waals surface area contributed by atoms with Gasteiger partial charge in [-0.15, -0.1) is 11.3 Å². The van der Waals surface area contributed by atoms with E-state index >= 15 is 0 Å². The number of nitro groups is 1. The average molecular weight is 448 g/mol. The van der Waals surface area contributed by atoms with Crippen LogP contribution < -0.4 is 4.74 Å². The molecule has 0 saturated heterocycles. The Morgan fingerprint density at radius 2 is 2.06 bits per heavy atom. The van der Waals surface area contributed by atoms with Gasteiger partial charge in [-0.1, -0.05) is 24.3 Å². The molecule has 4 aromatic rings. The minimum atomic E-state index is -0.547. The lowest BCUT2D eigenvalue weighted by Gasteiger charge is -2.20. The van der Waals surface area contributed by atoms with E-state index in [0.717, 1.165) is 4.88 Å². The fourth-order valence-electron chi connectivity index (χ4n) is 3.61. The van der Waals surface area contributed by atoms with Crippen molar-refractivity contribution >= 4 is 33.9 Å². The first-order valence-electron chi connectivity index (χ1n) is 9.71. The number of nitro benzene ring substituents is 1. The number of carbonyl (C=O) groups is 1. The lowest BCUT2D eigenvalue weighted by atomic mass is 10.1. The summed E-state index contributed by atoms with van der Waals surface area (Å²) in [6.45, 7) is 0.0515. The van der Waals surface area contributed by atoms with Crippen LogP contribution in [0.5, 0.6) is 5.75 Å². The van der Waals surface area contributed by atoms with Crippen molar-refractivity contribution in [3.8, 4) is 16.3 Å². The maximum Gasteiger partial charge on any atom is 0.339 e. The summed E-state index contributed by atoms with van der Waals surface area (Å²) in [7, 11) is 0. The van der Waals surface area contributed by atoms with Crippen LogP contribution in [0, 0.1) is 10.1 Å². The Morgan fingerprint density at radius 3 is 2.88 bits per heavy atom. The molecule has 1 aliphatic heterocycles. The van der Waals surface area contributed by atoms with Gasteiger partial charge in [-0.05, 0) is 23.6 Å². The number of hydrogen-bond donors (Lipinski definition) is 0. The minimum Gasteiger partial charge on any atom is -0.467 e. The highest BCUT2D eigenvalue weighted by atomic mass is 32.1. The molecule has 0 unspecified atom stereocenters. The number of thiophene rings is 1. The first-order valence-corrected chi connectivity index (χ1v) is 10.6. The van der Waals surface area contributed by atoms with E-state index in [4.69, 9.17) is 14.2 Å². The lowest BCUT2D eigenvalue weighted by molar-refractivity contribution is -0.385. The highest BCUT2D eigenvalue weighted by molar-refractivity contribution is 7.13. The van der Waals surface area contributed by atoms with Crippen molar-refractivity contribution in [3.63, 3.8) is 0 Å². The van der Waals surface area contributed by atoms with Gasteiger partial charge in [-0.3, -0.25) is 10.1 Å². The third-order valence-electron chi connectivity index (χ3n) is 5.05. The van der Waals surface area contributed by atoms with E-state index in [1.54, 1.807) is 6.07 Å². The van der Waals surface area contributed by atoms with E-state index in [1.807, 2.05) is 41.8 Å². The van der Waals surface area contributed by atoms with Gasteiger partial charge in [0.05, 0.1) is 33.2 Å². The average Bonchev–Trinajstić information content (AvgIpc) is 3.36. The van der Waals surface area contributed by atoms with Gasteiger partial charge < -0.3 is 14.2 Å². The molecule has 0 atom stereocenters. The monoisotopic (exact) mass is 448 g/mol. The molecule has 2 aromatic heterocycles. The number of ether oxygens (including phenoxy) is 3. The molecule has 0 spiro atoms. The molecule has 5 rings (SSSR count). The molecular weight excluding hydrogens is 432 g/mol. The van der Waals surface area contributed by atoms with Crippen LogP contribution in [0.4, 0.5) is 5.69 Å². The quantitative estimate of drug-likeness (QED) is 0.238. The van der Waals surface area contributed by atoms with Crippen LogP contribution in [-0.4, -0.2) is 22.7 Å². The fraction of sp³-hybridized carbons (Fsp3) is 0.130.